The second-order valence-electron chi connectivity index (χ2n) is 4.97. The Kier molecular flexibility index (Phi) is 6.46. The van der Waals surface area contributed by atoms with Crippen LogP contribution in [0.25, 0.3) is 0 Å². The second kappa shape index (κ2) is 7.66. The summed E-state index contributed by atoms with van der Waals surface area (Å²) < 4.78 is 5.47. The van der Waals surface area contributed by atoms with Gasteiger partial charge in [-0.05, 0) is 45.4 Å². The molecule has 1 aliphatic rings. The van der Waals surface area contributed by atoms with Gasteiger partial charge in [0.2, 0.25) is 0 Å². The molecule has 0 aromatic carbocycles. The van der Waals surface area contributed by atoms with Crippen molar-refractivity contribution >= 4 is 5.97 Å². The normalized spacial score (nSPS) is 20.1. The Bertz CT molecular complexity index is 196. The van der Waals surface area contributed by atoms with Gasteiger partial charge < -0.3 is 10.5 Å². The highest BCUT2D eigenvalue weighted by Crippen LogP contribution is 2.20. The van der Waals surface area contributed by atoms with E-state index in [2.05, 4.69) is 0 Å². The predicted molar refractivity (Wildman–Crippen MR) is 65.1 cm³/mol. The molecule has 1 aliphatic carbocycles. The van der Waals surface area contributed by atoms with Gasteiger partial charge in [0.1, 0.15) is 6.10 Å². The molecule has 3 heteroatoms. The van der Waals surface area contributed by atoms with Crippen molar-refractivity contribution < 1.29 is 9.53 Å². The van der Waals surface area contributed by atoms with E-state index in [0.29, 0.717) is 6.42 Å². The van der Waals surface area contributed by atoms with Gasteiger partial charge in [-0.1, -0.05) is 12.8 Å². The van der Waals surface area contributed by atoms with Crippen molar-refractivity contribution in [2.24, 2.45) is 5.73 Å². The molecule has 94 valence electrons. The van der Waals surface area contributed by atoms with Crippen molar-refractivity contribution in [2.45, 2.75) is 76.9 Å². The summed E-state index contributed by atoms with van der Waals surface area (Å²) in [7, 11) is 0. The Morgan fingerprint density at radius 2 is 1.94 bits per heavy atom. The number of esters is 1. The number of rotatable bonds is 5. The molecule has 0 saturated heterocycles. The minimum atomic E-state index is -0.0347. The van der Waals surface area contributed by atoms with Gasteiger partial charge in [0.25, 0.3) is 0 Å². The highest BCUT2D eigenvalue weighted by atomic mass is 16.5. The molecule has 0 amide bonds. The Morgan fingerprint density at radius 3 is 2.50 bits per heavy atom. The van der Waals surface area contributed by atoms with E-state index in [9.17, 15) is 4.79 Å². The summed E-state index contributed by atoms with van der Waals surface area (Å²) in [6, 6.07) is 0.186. The number of carbonyl (C=O) groups is 1. The van der Waals surface area contributed by atoms with Crippen molar-refractivity contribution in [2.75, 3.05) is 0 Å². The lowest BCUT2D eigenvalue weighted by molar-refractivity contribution is -0.149. The van der Waals surface area contributed by atoms with Crippen molar-refractivity contribution in [1.29, 1.82) is 0 Å². The zero-order valence-electron chi connectivity index (χ0n) is 10.4. The van der Waals surface area contributed by atoms with E-state index in [1.807, 2.05) is 6.92 Å². The molecule has 1 atom stereocenters. The maximum Gasteiger partial charge on any atom is 0.306 e. The van der Waals surface area contributed by atoms with Gasteiger partial charge in [0.15, 0.2) is 0 Å². The highest BCUT2D eigenvalue weighted by Gasteiger charge is 2.16. The first kappa shape index (κ1) is 13.5. The largest absolute Gasteiger partial charge is 0.462 e. The van der Waals surface area contributed by atoms with E-state index in [-0.39, 0.29) is 18.1 Å². The molecule has 3 nitrogen and oxygen atoms in total. The van der Waals surface area contributed by atoms with E-state index >= 15 is 0 Å². The van der Waals surface area contributed by atoms with Crippen molar-refractivity contribution in [3.63, 3.8) is 0 Å². The van der Waals surface area contributed by atoms with E-state index in [0.717, 1.165) is 25.7 Å². The van der Waals surface area contributed by atoms with Crippen LogP contribution in [0.15, 0.2) is 0 Å². The smallest absolute Gasteiger partial charge is 0.306 e. The molecular weight excluding hydrogens is 202 g/mol. The third-order valence-corrected chi connectivity index (χ3v) is 3.14. The first-order valence-electron chi connectivity index (χ1n) is 6.63. The fourth-order valence-corrected chi connectivity index (χ4v) is 2.17. The number of ether oxygens (including phenoxy) is 1. The van der Waals surface area contributed by atoms with Gasteiger partial charge in [0, 0.05) is 12.5 Å². The molecule has 1 saturated carbocycles. The number of carbonyl (C=O) groups excluding carboxylic acids is 1. The SMILES string of the molecule is CC(N)CCCC(=O)OC1CCCCCC1. The van der Waals surface area contributed by atoms with E-state index < -0.39 is 0 Å². The first-order valence-corrected chi connectivity index (χ1v) is 6.63. The third kappa shape index (κ3) is 6.11. The van der Waals surface area contributed by atoms with Crippen molar-refractivity contribution in [3.8, 4) is 0 Å². The van der Waals surface area contributed by atoms with Crippen molar-refractivity contribution in [3.05, 3.63) is 0 Å². The lowest BCUT2D eigenvalue weighted by atomic mass is 10.1. The van der Waals surface area contributed by atoms with Gasteiger partial charge in [-0.25, -0.2) is 0 Å². The Morgan fingerprint density at radius 1 is 1.31 bits per heavy atom. The van der Waals surface area contributed by atoms with Crippen molar-refractivity contribution in [1.82, 2.24) is 0 Å². The molecule has 0 heterocycles. The average molecular weight is 227 g/mol. The average Bonchev–Trinajstić information content (AvgIpc) is 2.45. The monoisotopic (exact) mass is 227 g/mol. The van der Waals surface area contributed by atoms with Crippen LogP contribution in [-0.4, -0.2) is 18.1 Å². The number of hydrogen-bond donors (Lipinski definition) is 1. The molecule has 1 fully saturated rings. The standard InChI is InChI=1S/C13H25NO2/c1-11(14)7-6-10-13(15)16-12-8-4-2-3-5-9-12/h11-12H,2-10,14H2,1H3. The maximum absolute atomic E-state index is 11.5. The zero-order chi connectivity index (χ0) is 11.8. The number of hydrogen-bond acceptors (Lipinski definition) is 3. The van der Waals surface area contributed by atoms with E-state index in [1.54, 1.807) is 0 Å². The van der Waals surface area contributed by atoms with Gasteiger partial charge >= 0.3 is 5.97 Å². The van der Waals surface area contributed by atoms with Crippen LogP contribution in [0, 0.1) is 0 Å². The molecule has 0 aromatic heterocycles. The summed E-state index contributed by atoms with van der Waals surface area (Å²) in [5.74, 6) is -0.0347. The maximum atomic E-state index is 11.5. The van der Waals surface area contributed by atoms with Crippen LogP contribution in [0.1, 0.15) is 64.7 Å². The Balaban J connectivity index is 2.12. The molecule has 0 spiro atoms. The Labute approximate surface area is 98.7 Å². The lowest BCUT2D eigenvalue weighted by Gasteiger charge is -2.15. The lowest BCUT2D eigenvalue weighted by Crippen LogP contribution is -2.19. The molecule has 0 radical (unpaired) electrons. The molecule has 0 aliphatic heterocycles. The predicted octanol–water partition coefficient (Wildman–Crippen LogP) is 2.77. The summed E-state index contributed by atoms with van der Waals surface area (Å²) in [4.78, 5) is 11.5. The quantitative estimate of drug-likeness (QED) is 0.580. The van der Waals surface area contributed by atoms with Gasteiger partial charge in [-0.15, -0.1) is 0 Å². The van der Waals surface area contributed by atoms with Crippen LogP contribution in [0.4, 0.5) is 0 Å². The summed E-state index contributed by atoms with van der Waals surface area (Å²) in [5, 5.41) is 0. The van der Waals surface area contributed by atoms with Crippen LogP contribution in [0.5, 0.6) is 0 Å². The first-order chi connectivity index (χ1) is 7.68. The van der Waals surface area contributed by atoms with Crippen LogP contribution >= 0.6 is 0 Å². The van der Waals surface area contributed by atoms with Gasteiger partial charge in [-0.2, -0.15) is 0 Å². The molecule has 16 heavy (non-hydrogen) atoms. The minimum Gasteiger partial charge on any atom is -0.462 e. The molecule has 0 bridgehead atoms. The second-order valence-corrected chi connectivity index (χ2v) is 4.97. The highest BCUT2D eigenvalue weighted by molar-refractivity contribution is 5.69. The van der Waals surface area contributed by atoms with Crippen LogP contribution in [-0.2, 0) is 9.53 Å². The molecule has 2 N–H and O–H groups in total. The summed E-state index contributed by atoms with van der Waals surface area (Å²) in [6.07, 6.45) is 9.57. The van der Waals surface area contributed by atoms with E-state index in [1.165, 1.54) is 25.7 Å². The number of nitrogens with two attached hydrogens (primary N) is 1. The minimum absolute atomic E-state index is 0.0347. The zero-order valence-corrected chi connectivity index (χ0v) is 10.4. The van der Waals surface area contributed by atoms with Crippen LogP contribution < -0.4 is 5.73 Å². The van der Waals surface area contributed by atoms with E-state index in [4.69, 9.17) is 10.5 Å². The summed E-state index contributed by atoms with van der Waals surface area (Å²) in [6.45, 7) is 1.97. The summed E-state index contributed by atoms with van der Waals surface area (Å²) in [5.41, 5.74) is 5.63. The molecular formula is C13H25NO2. The topological polar surface area (TPSA) is 52.3 Å². The molecule has 0 aromatic rings. The summed E-state index contributed by atoms with van der Waals surface area (Å²) >= 11 is 0. The van der Waals surface area contributed by atoms with Gasteiger partial charge in [0.05, 0.1) is 0 Å². The molecule has 1 rings (SSSR count). The van der Waals surface area contributed by atoms with Crippen LogP contribution in [0.3, 0.4) is 0 Å². The third-order valence-electron chi connectivity index (χ3n) is 3.14. The Hall–Kier alpha value is -0.570. The van der Waals surface area contributed by atoms with Gasteiger partial charge in [-0.3, -0.25) is 4.79 Å². The fraction of sp³-hybridized carbons (Fsp3) is 0.923. The fourth-order valence-electron chi connectivity index (χ4n) is 2.17. The van der Waals surface area contributed by atoms with Crippen LogP contribution in [0.2, 0.25) is 0 Å². The molecule has 1 unspecified atom stereocenters.